The molecule has 0 saturated carbocycles. The van der Waals surface area contributed by atoms with Crippen molar-refractivity contribution in [3.8, 4) is 0 Å². The van der Waals surface area contributed by atoms with Gasteiger partial charge in [-0.3, -0.25) is 4.99 Å². The predicted octanol–water partition coefficient (Wildman–Crippen LogP) is 8.07. The summed E-state index contributed by atoms with van der Waals surface area (Å²) in [7, 11) is 0. The van der Waals surface area contributed by atoms with Crippen LogP contribution in [0.1, 0.15) is 66.9 Å². The van der Waals surface area contributed by atoms with Gasteiger partial charge in [-0.25, -0.2) is 9.98 Å². The number of halogens is 1. The number of hydrogen-bond donors (Lipinski definition) is 0. The first kappa shape index (κ1) is 23.9. The van der Waals surface area contributed by atoms with Gasteiger partial charge in [-0.15, -0.1) is 0 Å². The highest BCUT2D eigenvalue weighted by molar-refractivity contribution is 6.33. The Balaban J connectivity index is 2.01. The summed E-state index contributed by atoms with van der Waals surface area (Å²) in [4.78, 5) is 14.7. The van der Waals surface area contributed by atoms with E-state index in [2.05, 4.69) is 52.8 Å². The van der Waals surface area contributed by atoms with Gasteiger partial charge >= 0.3 is 0 Å². The van der Waals surface area contributed by atoms with Crippen molar-refractivity contribution in [2.45, 2.75) is 61.3 Å². The second-order valence-corrected chi connectivity index (χ2v) is 8.76. The molecule has 166 valence electrons. The molecule has 0 unspecified atom stereocenters. The van der Waals surface area contributed by atoms with E-state index in [1.165, 1.54) is 16.7 Å². The molecule has 0 N–H and O–H groups in total. The molecule has 1 heterocycles. The van der Waals surface area contributed by atoms with Crippen LogP contribution in [0.4, 0.5) is 11.4 Å². The Labute approximate surface area is 197 Å². The van der Waals surface area contributed by atoms with Crippen LogP contribution >= 0.6 is 11.6 Å². The minimum absolute atomic E-state index is 0.678. The molecule has 0 aliphatic heterocycles. The third kappa shape index (κ3) is 5.34. The van der Waals surface area contributed by atoms with E-state index in [1.54, 1.807) is 0 Å². The average molecular weight is 446 g/mol. The first-order valence-corrected chi connectivity index (χ1v) is 11.6. The number of aliphatic imine (C=N–C) groups is 2. The third-order valence-electron chi connectivity index (χ3n) is 5.62. The van der Waals surface area contributed by atoms with Gasteiger partial charge in [0.15, 0.2) is 0 Å². The van der Waals surface area contributed by atoms with Gasteiger partial charge in [0.05, 0.1) is 39.2 Å². The van der Waals surface area contributed by atoms with Crippen LogP contribution in [-0.4, -0.2) is 16.4 Å². The molecule has 0 spiro atoms. The summed E-state index contributed by atoms with van der Waals surface area (Å²) in [5, 5.41) is 0.678. The second-order valence-electron chi connectivity index (χ2n) is 8.35. The Kier molecular flexibility index (Phi) is 7.63. The topological polar surface area (TPSA) is 37.6 Å². The Hall–Kier alpha value is -2.78. The molecule has 3 rings (SSSR count). The van der Waals surface area contributed by atoms with E-state index in [4.69, 9.17) is 26.6 Å². The van der Waals surface area contributed by atoms with Crippen molar-refractivity contribution in [2.75, 3.05) is 0 Å². The van der Waals surface area contributed by atoms with Crippen molar-refractivity contribution < 1.29 is 0 Å². The lowest BCUT2D eigenvalue weighted by molar-refractivity contribution is 1.11. The molecule has 0 saturated heterocycles. The summed E-state index contributed by atoms with van der Waals surface area (Å²) >= 11 is 6.52. The summed E-state index contributed by atoms with van der Waals surface area (Å²) in [6, 6.07) is 14.5. The fourth-order valence-corrected chi connectivity index (χ4v) is 4.30. The molecular weight excluding hydrogens is 414 g/mol. The lowest BCUT2D eigenvalue weighted by Crippen LogP contribution is -2.05. The van der Waals surface area contributed by atoms with Gasteiger partial charge in [0, 0.05) is 0 Å². The molecule has 0 radical (unpaired) electrons. The van der Waals surface area contributed by atoms with Crippen LogP contribution < -0.4 is 0 Å². The molecule has 0 aliphatic rings. The van der Waals surface area contributed by atoms with E-state index in [1.807, 2.05) is 38.1 Å². The van der Waals surface area contributed by atoms with Gasteiger partial charge in [-0.2, -0.15) is 0 Å². The van der Waals surface area contributed by atoms with Crippen LogP contribution in [-0.2, 0) is 12.8 Å². The molecule has 3 aromatic rings. The lowest BCUT2D eigenvalue weighted by atomic mass is 10.0. The maximum Gasteiger partial charge on any atom is 0.0851 e. The molecule has 0 fully saturated rings. The predicted molar refractivity (Wildman–Crippen MR) is 139 cm³/mol. The number of benzene rings is 2. The molecule has 3 nitrogen and oxygen atoms in total. The van der Waals surface area contributed by atoms with Crippen LogP contribution in [0.2, 0.25) is 5.02 Å². The molecule has 0 bridgehead atoms. The minimum Gasteiger partial charge on any atom is -0.251 e. The summed E-state index contributed by atoms with van der Waals surface area (Å²) in [6.45, 7) is 14.6. The van der Waals surface area contributed by atoms with E-state index in [0.717, 1.165) is 58.2 Å². The van der Waals surface area contributed by atoms with Gasteiger partial charge in [-0.1, -0.05) is 55.3 Å². The first-order chi connectivity index (χ1) is 15.2. The fraction of sp³-hybridized carbons (Fsp3) is 0.321. The molecule has 2 aromatic carbocycles. The Morgan fingerprint density at radius 1 is 0.781 bits per heavy atom. The number of rotatable bonds is 6. The monoisotopic (exact) mass is 445 g/mol. The van der Waals surface area contributed by atoms with E-state index in [0.29, 0.717) is 5.02 Å². The summed E-state index contributed by atoms with van der Waals surface area (Å²) < 4.78 is 0. The van der Waals surface area contributed by atoms with E-state index >= 15 is 0 Å². The van der Waals surface area contributed by atoms with Crippen LogP contribution in [0, 0.1) is 20.8 Å². The largest absolute Gasteiger partial charge is 0.251 e. The molecule has 32 heavy (non-hydrogen) atoms. The highest BCUT2D eigenvalue weighted by Crippen LogP contribution is 2.32. The summed E-state index contributed by atoms with van der Waals surface area (Å²) in [5.41, 5.74) is 11.3. The summed E-state index contributed by atoms with van der Waals surface area (Å²) in [5.74, 6) is 0. The van der Waals surface area contributed by atoms with Crippen molar-refractivity contribution in [3.63, 3.8) is 0 Å². The van der Waals surface area contributed by atoms with Gasteiger partial charge < -0.3 is 0 Å². The zero-order valence-corrected chi connectivity index (χ0v) is 20.9. The lowest BCUT2D eigenvalue weighted by Gasteiger charge is -2.11. The van der Waals surface area contributed by atoms with Crippen molar-refractivity contribution in [2.24, 2.45) is 9.98 Å². The maximum absolute atomic E-state index is 6.52. The Bertz CT molecular complexity index is 1110. The van der Waals surface area contributed by atoms with Crippen LogP contribution in [0.5, 0.6) is 0 Å². The average Bonchev–Trinajstić information content (AvgIpc) is 2.76. The second kappa shape index (κ2) is 10.2. The van der Waals surface area contributed by atoms with Crippen molar-refractivity contribution >= 4 is 34.4 Å². The number of hydrogen-bond acceptors (Lipinski definition) is 3. The zero-order valence-electron chi connectivity index (χ0n) is 20.2. The fourth-order valence-electron chi connectivity index (χ4n) is 3.97. The summed E-state index contributed by atoms with van der Waals surface area (Å²) in [6.07, 6.45) is 1.83. The van der Waals surface area contributed by atoms with Crippen molar-refractivity contribution in [1.82, 2.24) is 4.98 Å². The Morgan fingerprint density at radius 3 is 1.84 bits per heavy atom. The van der Waals surface area contributed by atoms with E-state index in [9.17, 15) is 0 Å². The molecule has 0 atom stereocenters. The molecule has 0 amide bonds. The van der Waals surface area contributed by atoms with Gasteiger partial charge in [0.25, 0.3) is 0 Å². The van der Waals surface area contributed by atoms with Crippen LogP contribution in [0.15, 0.2) is 52.4 Å². The minimum atomic E-state index is 0.678. The van der Waals surface area contributed by atoms with Crippen LogP contribution in [0.3, 0.4) is 0 Å². The number of aromatic nitrogens is 1. The highest BCUT2D eigenvalue weighted by Gasteiger charge is 2.11. The molecular formula is C28H32ClN3. The molecule has 0 aliphatic carbocycles. The smallest absolute Gasteiger partial charge is 0.0851 e. The number of pyridine rings is 1. The van der Waals surface area contributed by atoms with Gasteiger partial charge in [0.2, 0.25) is 0 Å². The SMILES string of the molecule is CCc1cc(C)cc(C)c1N=C(C)c1cccc(C(C)=Nc2c(Cl)cc(C)cc2CC)n1. The van der Waals surface area contributed by atoms with Crippen molar-refractivity contribution in [1.29, 1.82) is 0 Å². The number of nitrogens with zero attached hydrogens (tertiary/aromatic N) is 3. The number of aryl methyl sites for hydroxylation is 5. The Morgan fingerprint density at radius 2 is 1.28 bits per heavy atom. The van der Waals surface area contributed by atoms with Gasteiger partial charge in [-0.05, 0) is 87.9 Å². The van der Waals surface area contributed by atoms with Crippen molar-refractivity contribution in [3.05, 3.63) is 86.7 Å². The first-order valence-electron chi connectivity index (χ1n) is 11.2. The van der Waals surface area contributed by atoms with E-state index < -0.39 is 0 Å². The van der Waals surface area contributed by atoms with Gasteiger partial charge in [0.1, 0.15) is 0 Å². The van der Waals surface area contributed by atoms with E-state index in [-0.39, 0.29) is 0 Å². The van der Waals surface area contributed by atoms with Crippen LogP contribution in [0.25, 0.3) is 0 Å². The molecule has 4 heteroatoms. The molecule has 1 aromatic heterocycles. The highest BCUT2D eigenvalue weighted by atomic mass is 35.5. The standard InChI is InChI=1S/C28H32ClN3/c1-8-22-14-17(3)13-19(5)27(22)30-20(6)25-11-10-12-26(32-25)21(7)31-28-23(9-2)15-18(4)16-24(28)29/h10-16H,8-9H2,1-7H3. The quantitative estimate of drug-likeness (QED) is 0.353. The zero-order chi connectivity index (χ0) is 23.4. The maximum atomic E-state index is 6.52. The normalized spacial score (nSPS) is 12.4. The third-order valence-corrected chi connectivity index (χ3v) is 5.91.